The lowest BCUT2D eigenvalue weighted by Gasteiger charge is -2.26. The van der Waals surface area contributed by atoms with Crippen LogP contribution in [0.5, 0.6) is 0 Å². The van der Waals surface area contributed by atoms with E-state index < -0.39 is 0 Å². The summed E-state index contributed by atoms with van der Waals surface area (Å²) in [5.74, 6) is 0.0992. The van der Waals surface area contributed by atoms with Crippen LogP contribution < -0.4 is 4.90 Å². The third-order valence-electron chi connectivity index (χ3n) is 2.94. The van der Waals surface area contributed by atoms with Gasteiger partial charge in [-0.15, -0.1) is 11.6 Å². The first-order chi connectivity index (χ1) is 9.17. The molecule has 100 valence electrons. The highest BCUT2D eigenvalue weighted by molar-refractivity contribution is 6.31. The maximum absolute atomic E-state index is 13.9. The average molecular weight is 298 g/mol. The van der Waals surface area contributed by atoms with Crippen LogP contribution in [-0.4, -0.2) is 6.54 Å². The van der Waals surface area contributed by atoms with E-state index in [0.29, 0.717) is 23.1 Å². The normalized spacial score (nSPS) is 10.5. The third kappa shape index (κ3) is 3.02. The summed E-state index contributed by atoms with van der Waals surface area (Å²) in [5, 5.41) is 0.610. The number of hydrogen-bond acceptors (Lipinski definition) is 1. The second-order valence-electron chi connectivity index (χ2n) is 4.10. The Morgan fingerprint density at radius 3 is 2.47 bits per heavy atom. The van der Waals surface area contributed by atoms with E-state index in [0.717, 1.165) is 11.3 Å². The summed E-state index contributed by atoms with van der Waals surface area (Å²) in [6.45, 7) is 2.59. The molecule has 0 unspecified atom stereocenters. The van der Waals surface area contributed by atoms with E-state index in [2.05, 4.69) is 0 Å². The lowest BCUT2D eigenvalue weighted by atomic mass is 10.1. The highest BCUT2D eigenvalue weighted by atomic mass is 35.5. The molecule has 0 saturated heterocycles. The van der Waals surface area contributed by atoms with Crippen LogP contribution in [0, 0.1) is 5.82 Å². The molecule has 0 bridgehead atoms. The van der Waals surface area contributed by atoms with Gasteiger partial charge in [0.15, 0.2) is 0 Å². The molecule has 0 spiro atoms. The summed E-state index contributed by atoms with van der Waals surface area (Å²) >= 11 is 12.0. The first-order valence-corrected chi connectivity index (χ1v) is 6.95. The topological polar surface area (TPSA) is 3.24 Å². The molecular formula is C15H14Cl2FN. The smallest absolute Gasteiger partial charge is 0.146 e. The molecule has 0 amide bonds. The van der Waals surface area contributed by atoms with E-state index in [9.17, 15) is 4.39 Å². The predicted octanol–water partition coefficient (Wildman–Crippen LogP) is 5.38. The van der Waals surface area contributed by atoms with Gasteiger partial charge >= 0.3 is 0 Å². The monoisotopic (exact) mass is 297 g/mol. The second kappa shape index (κ2) is 6.27. The summed E-state index contributed by atoms with van der Waals surface area (Å²) in [6.07, 6.45) is 0. The van der Waals surface area contributed by atoms with E-state index in [1.165, 1.54) is 6.07 Å². The van der Waals surface area contributed by atoms with E-state index in [-0.39, 0.29) is 5.82 Å². The Labute approximate surface area is 122 Å². The van der Waals surface area contributed by atoms with Gasteiger partial charge in [0.05, 0.1) is 5.69 Å². The quantitative estimate of drug-likeness (QED) is 0.685. The second-order valence-corrected chi connectivity index (χ2v) is 4.81. The Kier molecular flexibility index (Phi) is 4.67. The van der Waals surface area contributed by atoms with Gasteiger partial charge in [-0.25, -0.2) is 4.39 Å². The van der Waals surface area contributed by atoms with Crippen LogP contribution in [-0.2, 0) is 5.88 Å². The molecule has 1 nitrogen and oxygen atoms in total. The van der Waals surface area contributed by atoms with Crippen molar-refractivity contribution in [1.82, 2.24) is 0 Å². The van der Waals surface area contributed by atoms with Gasteiger partial charge in [0, 0.05) is 23.1 Å². The van der Waals surface area contributed by atoms with Crippen molar-refractivity contribution >= 4 is 34.6 Å². The van der Waals surface area contributed by atoms with Crippen LogP contribution in [0.4, 0.5) is 15.8 Å². The van der Waals surface area contributed by atoms with Crippen molar-refractivity contribution in [1.29, 1.82) is 0 Å². The Bertz CT molecular complexity index is 572. The van der Waals surface area contributed by atoms with Crippen LogP contribution in [0.1, 0.15) is 12.5 Å². The van der Waals surface area contributed by atoms with E-state index in [1.54, 1.807) is 18.2 Å². The van der Waals surface area contributed by atoms with Crippen molar-refractivity contribution in [2.24, 2.45) is 0 Å². The van der Waals surface area contributed by atoms with Crippen molar-refractivity contribution in [2.45, 2.75) is 12.8 Å². The first-order valence-electron chi connectivity index (χ1n) is 6.03. The number of nitrogens with zero attached hydrogens (tertiary/aromatic N) is 1. The van der Waals surface area contributed by atoms with Gasteiger partial charge in [0.25, 0.3) is 0 Å². The van der Waals surface area contributed by atoms with Gasteiger partial charge in [0.2, 0.25) is 0 Å². The minimum Gasteiger partial charge on any atom is -0.339 e. The summed E-state index contributed by atoms with van der Waals surface area (Å²) in [4.78, 5) is 1.87. The van der Waals surface area contributed by atoms with Gasteiger partial charge < -0.3 is 4.90 Å². The lowest BCUT2D eigenvalue weighted by molar-refractivity contribution is 0.625. The number of hydrogen-bond donors (Lipinski definition) is 0. The van der Waals surface area contributed by atoms with Crippen molar-refractivity contribution in [3.8, 4) is 0 Å². The van der Waals surface area contributed by atoms with E-state index in [1.807, 2.05) is 30.0 Å². The fourth-order valence-corrected chi connectivity index (χ4v) is 2.43. The van der Waals surface area contributed by atoms with Crippen molar-refractivity contribution in [3.05, 3.63) is 58.9 Å². The number of anilines is 2. The van der Waals surface area contributed by atoms with Crippen LogP contribution >= 0.6 is 23.2 Å². The SMILES string of the molecule is CCN(c1ccccc1F)c1cc(Cl)ccc1CCl. The fourth-order valence-electron chi connectivity index (χ4n) is 2.04. The van der Waals surface area contributed by atoms with E-state index in [4.69, 9.17) is 23.2 Å². The molecule has 19 heavy (non-hydrogen) atoms. The molecule has 0 aromatic heterocycles. The molecule has 0 fully saturated rings. The molecule has 0 atom stereocenters. The Morgan fingerprint density at radius 2 is 1.84 bits per heavy atom. The maximum Gasteiger partial charge on any atom is 0.146 e. The molecule has 0 aliphatic rings. The summed E-state index contributed by atoms with van der Waals surface area (Å²) < 4.78 is 13.9. The molecule has 0 saturated carbocycles. The van der Waals surface area contributed by atoms with Crippen LogP contribution in [0.2, 0.25) is 5.02 Å². The number of para-hydroxylation sites is 1. The number of halogens is 3. The molecule has 0 aliphatic carbocycles. The van der Waals surface area contributed by atoms with Gasteiger partial charge in [-0.1, -0.05) is 29.8 Å². The zero-order valence-electron chi connectivity index (χ0n) is 10.5. The van der Waals surface area contributed by atoms with Crippen molar-refractivity contribution in [2.75, 3.05) is 11.4 Å². The molecular weight excluding hydrogens is 284 g/mol. The predicted molar refractivity (Wildman–Crippen MR) is 80.1 cm³/mol. The zero-order chi connectivity index (χ0) is 13.8. The average Bonchev–Trinajstić information content (AvgIpc) is 2.42. The largest absolute Gasteiger partial charge is 0.339 e. The van der Waals surface area contributed by atoms with Gasteiger partial charge in [-0.3, -0.25) is 0 Å². The van der Waals surface area contributed by atoms with Crippen LogP contribution in [0.25, 0.3) is 0 Å². The van der Waals surface area contributed by atoms with Gasteiger partial charge in [-0.2, -0.15) is 0 Å². The Hall–Kier alpha value is -1.25. The summed E-state index contributed by atoms with van der Waals surface area (Å²) in [6, 6.07) is 12.2. The molecule has 2 aromatic carbocycles. The molecule has 4 heteroatoms. The molecule has 0 aliphatic heterocycles. The molecule has 2 aromatic rings. The first kappa shape index (κ1) is 14.2. The van der Waals surface area contributed by atoms with Crippen LogP contribution in [0.15, 0.2) is 42.5 Å². The lowest BCUT2D eigenvalue weighted by Crippen LogP contribution is -2.18. The molecule has 0 radical (unpaired) electrons. The summed E-state index contributed by atoms with van der Waals surface area (Å²) in [7, 11) is 0. The molecule has 0 N–H and O–H groups in total. The van der Waals surface area contributed by atoms with Crippen molar-refractivity contribution in [3.63, 3.8) is 0 Å². The van der Waals surface area contributed by atoms with Gasteiger partial charge in [-0.05, 0) is 36.8 Å². The maximum atomic E-state index is 13.9. The van der Waals surface area contributed by atoms with E-state index >= 15 is 0 Å². The zero-order valence-corrected chi connectivity index (χ0v) is 12.0. The molecule has 2 rings (SSSR count). The number of alkyl halides is 1. The molecule has 0 heterocycles. The Morgan fingerprint density at radius 1 is 1.11 bits per heavy atom. The van der Waals surface area contributed by atoms with Gasteiger partial charge in [0.1, 0.15) is 5.82 Å². The number of benzene rings is 2. The minimum atomic E-state index is -0.259. The fraction of sp³-hybridized carbons (Fsp3) is 0.200. The highest BCUT2D eigenvalue weighted by Crippen LogP contribution is 2.33. The van der Waals surface area contributed by atoms with Crippen molar-refractivity contribution < 1.29 is 4.39 Å². The number of rotatable bonds is 4. The Balaban J connectivity index is 2.54. The highest BCUT2D eigenvalue weighted by Gasteiger charge is 2.15. The van der Waals surface area contributed by atoms with Crippen LogP contribution in [0.3, 0.4) is 0 Å². The minimum absolute atomic E-state index is 0.259. The third-order valence-corrected chi connectivity index (χ3v) is 3.46. The summed E-state index contributed by atoms with van der Waals surface area (Å²) in [5.41, 5.74) is 2.30. The standard InChI is InChI=1S/C15H14Cl2FN/c1-2-19(14-6-4-3-5-13(14)18)15-9-12(17)8-7-11(15)10-16/h3-9H,2,10H2,1H3.